The van der Waals surface area contributed by atoms with Gasteiger partial charge in [-0.25, -0.2) is 0 Å². The van der Waals surface area contributed by atoms with E-state index in [9.17, 15) is 5.02 Å². The van der Waals surface area contributed by atoms with Crippen molar-refractivity contribution in [3.63, 3.8) is 0 Å². The summed E-state index contributed by atoms with van der Waals surface area (Å²) in [6, 6.07) is 5.78. The summed E-state index contributed by atoms with van der Waals surface area (Å²) in [5.74, 6) is 1.28. The van der Waals surface area contributed by atoms with E-state index in [-0.39, 0.29) is 5.92 Å². The highest BCUT2D eigenvalue weighted by molar-refractivity contribution is 6.43. The molecule has 0 amide bonds. The molecule has 24 heavy (non-hydrogen) atoms. The van der Waals surface area contributed by atoms with Crippen molar-refractivity contribution in [1.82, 2.24) is 4.98 Å². The molecule has 0 bridgehead atoms. The van der Waals surface area contributed by atoms with Crippen LogP contribution in [-0.4, -0.2) is 37.4 Å². The average molecular weight is 348 g/mol. The maximum absolute atomic E-state index is 9.55. The normalized spacial score (nSPS) is 17.2. The first-order valence-corrected chi connectivity index (χ1v) is 8.25. The Morgan fingerprint density at radius 1 is 1.33 bits per heavy atom. The summed E-state index contributed by atoms with van der Waals surface area (Å²) in [7, 11) is 0.871. The first-order chi connectivity index (χ1) is 11.6. The third kappa shape index (κ3) is 3.51. The zero-order valence-corrected chi connectivity index (χ0v) is 14.4. The van der Waals surface area contributed by atoms with Crippen molar-refractivity contribution in [2.24, 2.45) is 0 Å². The van der Waals surface area contributed by atoms with E-state index in [0.717, 1.165) is 16.7 Å². The third-order valence-electron chi connectivity index (χ3n) is 4.05. The van der Waals surface area contributed by atoms with E-state index in [2.05, 4.69) is 4.98 Å². The molecule has 1 N–H and O–H groups in total. The van der Waals surface area contributed by atoms with E-state index >= 15 is 0 Å². The number of aromatic nitrogens is 1. The minimum atomic E-state index is -0.696. The standard InChI is InChI=1S/C17H19BClNO4/c1-3-23-16-6-11(5-15(19)17(16)22-2)12-4-13(9-20-8-12)14-7-18(21)24-10-14/h4-6,8-9,14,21H,3,7,10H2,1-2H3. The van der Waals surface area contributed by atoms with Gasteiger partial charge in [-0.15, -0.1) is 0 Å². The lowest BCUT2D eigenvalue weighted by Crippen LogP contribution is -2.07. The van der Waals surface area contributed by atoms with E-state index < -0.39 is 7.12 Å². The van der Waals surface area contributed by atoms with Gasteiger partial charge in [0, 0.05) is 30.5 Å². The molecule has 1 fully saturated rings. The second kappa shape index (κ2) is 7.42. The summed E-state index contributed by atoms with van der Waals surface area (Å²) in [5.41, 5.74) is 2.87. The van der Waals surface area contributed by atoms with Crippen molar-refractivity contribution >= 4 is 18.7 Å². The lowest BCUT2D eigenvalue weighted by molar-refractivity contribution is 0.292. The molecule has 126 valence electrons. The fraction of sp³-hybridized carbons (Fsp3) is 0.353. The number of ether oxygens (including phenoxy) is 2. The average Bonchev–Trinajstić information content (AvgIpc) is 3.01. The van der Waals surface area contributed by atoms with Crippen LogP contribution in [0.25, 0.3) is 11.1 Å². The molecular weight excluding hydrogens is 328 g/mol. The third-order valence-corrected chi connectivity index (χ3v) is 4.33. The van der Waals surface area contributed by atoms with E-state index in [1.165, 1.54) is 0 Å². The molecule has 1 aromatic heterocycles. The number of hydrogen-bond acceptors (Lipinski definition) is 5. The fourth-order valence-electron chi connectivity index (χ4n) is 2.87. The highest BCUT2D eigenvalue weighted by Gasteiger charge is 2.30. The van der Waals surface area contributed by atoms with Crippen LogP contribution in [0.5, 0.6) is 11.5 Å². The van der Waals surface area contributed by atoms with Crippen LogP contribution in [0.3, 0.4) is 0 Å². The molecule has 3 rings (SSSR count). The molecule has 1 atom stereocenters. The Bertz CT molecular complexity index is 728. The molecule has 1 aliphatic rings. The molecular formula is C17H19BClNO4. The molecule has 1 unspecified atom stereocenters. The van der Waals surface area contributed by atoms with Gasteiger partial charge >= 0.3 is 7.12 Å². The van der Waals surface area contributed by atoms with Crippen LogP contribution in [0.15, 0.2) is 30.6 Å². The van der Waals surface area contributed by atoms with Gasteiger partial charge in [0.25, 0.3) is 0 Å². The minimum absolute atomic E-state index is 0.146. The van der Waals surface area contributed by atoms with Crippen molar-refractivity contribution in [2.75, 3.05) is 20.3 Å². The highest BCUT2D eigenvalue weighted by Crippen LogP contribution is 2.40. The molecule has 5 nitrogen and oxygen atoms in total. The van der Waals surface area contributed by atoms with Crippen LogP contribution in [0.1, 0.15) is 18.4 Å². The van der Waals surface area contributed by atoms with Gasteiger partial charge in [0.1, 0.15) is 0 Å². The number of rotatable bonds is 5. The van der Waals surface area contributed by atoms with E-state index in [0.29, 0.717) is 36.1 Å². The molecule has 1 saturated heterocycles. The van der Waals surface area contributed by atoms with Gasteiger partial charge in [-0.3, -0.25) is 4.98 Å². The van der Waals surface area contributed by atoms with Gasteiger partial charge in [0.2, 0.25) is 0 Å². The number of nitrogens with zero attached hydrogens (tertiary/aromatic N) is 1. The smallest absolute Gasteiger partial charge is 0.454 e. The number of halogens is 1. The van der Waals surface area contributed by atoms with Gasteiger partial charge in [-0.1, -0.05) is 11.6 Å². The van der Waals surface area contributed by atoms with Crippen molar-refractivity contribution in [2.45, 2.75) is 19.2 Å². The van der Waals surface area contributed by atoms with Crippen LogP contribution < -0.4 is 9.47 Å². The summed E-state index contributed by atoms with van der Waals surface area (Å²) >= 11 is 6.33. The maximum atomic E-state index is 9.55. The van der Waals surface area contributed by atoms with E-state index in [4.69, 9.17) is 25.7 Å². The first-order valence-electron chi connectivity index (χ1n) is 7.87. The Morgan fingerprint density at radius 3 is 2.83 bits per heavy atom. The maximum Gasteiger partial charge on any atom is 0.454 e. The Kier molecular flexibility index (Phi) is 5.28. The summed E-state index contributed by atoms with van der Waals surface area (Å²) in [6.07, 6.45) is 4.17. The van der Waals surface area contributed by atoms with E-state index in [1.54, 1.807) is 13.3 Å². The fourth-order valence-corrected chi connectivity index (χ4v) is 3.16. The molecule has 0 radical (unpaired) electrons. The van der Waals surface area contributed by atoms with Gasteiger partial charge in [-0.05, 0) is 42.6 Å². The van der Waals surface area contributed by atoms with Gasteiger partial charge in [0.05, 0.1) is 18.7 Å². The molecule has 2 aromatic rings. The first kappa shape index (κ1) is 17.1. The van der Waals surface area contributed by atoms with Crippen LogP contribution >= 0.6 is 11.6 Å². The number of methoxy groups -OCH3 is 1. The number of pyridine rings is 1. The Hall–Kier alpha value is -1.76. The predicted octanol–water partition coefficient (Wildman–Crippen LogP) is 3.40. The lowest BCUT2D eigenvalue weighted by Gasteiger charge is -2.14. The van der Waals surface area contributed by atoms with Crippen molar-refractivity contribution < 1.29 is 19.2 Å². The van der Waals surface area contributed by atoms with Crippen LogP contribution in [0, 0.1) is 0 Å². The van der Waals surface area contributed by atoms with E-state index in [1.807, 2.05) is 31.3 Å². The van der Waals surface area contributed by atoms with Crippen molar-refractivity contribution in [3.05, 3.63) is 41.2 Å². The molecule has 0 spiro atoms. The van der Waals surface area contributed by atoms with Crippen molar-refractivity contribution in [1.29, 1.82) is 0 Å². The summed E-state index contributed by atoms with van der Waals surface area (Å²) in [5, 5.41) is 10.0. The van der Waals surface area contributed by atoms with Gasteiger partial charge in [-0.2, -0.15) is 0 Å². The molecule has 1 aliphatic heterocycles. The summed E-state index contributed by atoms with van der Waals surface area (Å²) in [4.78, 5) is 4.33. The topological polar surface area (TPSA) is 60.8 Å². The Labute approximate surface area is 146 Å². The zero-order chi connectivity index (χ0) is 17.1. The highest BCUT2D eigenvalue weighted by atomic mass is 35.5. The van der Waals surface area contributed by atoms with Crippen LogP contribution in [-0.2, 0) is 4.65 Å². The SMILES string of the molecule is CCOc1cc(-c2cncc(C3COB(O)C3)c2)cc(Cl)c1OC. The lowest BCUT2D eigenvalue weighted by atomic mass is 9.80. The molecule has 7 heteroatoms. The monoisotopic (exact) mass is 347 g/mol. The predicted molar refractivity (Wildman–Crippen MR) is 93.9 cm³/mol. The minimum Gasteiger partial charge on any atom is -0.491 e. The van der Waals surface area contributed by atoms with Crippen LogP contribution in [0.4, 0.5) is 0 Å². The largest absolute Gasteiger partial charge is 0.491 e. The van der Waals surface area contributed by atoms with Gasteiger partial charge < -0.3 is 19.2 Å². The Balaban J connectivity index is 1.97. The molecule has 2 heterocycles. The number of benzene rings is 1. The zero-order valence-electron chi connectivity index (χ0n) is 13.7. The Morgan fingerprint density at radius 2 is 2.17 bits per heavy atom. The summed E-state index contributed by atoms with van der Waals surface area (Å²) in [6.45, 7) is 2.93. The number of hydrogen-bond donors (Lipinski definition) is 1. The summed E-state index contributed by atoms with van der Waals surface area (Å²) < 4.78 is 16.2. The van der Waals surface area contributed by atoms with Crippen LogP contribution in [0.2, 0.25) is 11.3 Å². The molecule has 0 saturated carbocycles. The van der Waals surface area contributed by atoms with Gasteiger partial charge in [0.15, 0.2) is 11.5 Å². The quantitative estimate of drug-likeness (QED) is 0.840. The van der Waals surface area contributed by atoms with Crippen molar-refractivity contribution in [3.8, 4) is 22.6 Å². The second-order valence-electron chi connectivity index (χ2n) is 5.65. The molecule has 1 aromatic carbocycles. The second-order valence-corrected chi connectivity index (χ2v) is 6.06. The molecule has 0 aliphatic carbocycles.